The molecule has 3 heterocycles. The van der Waals surface area contributed by atoms with Crippen LogP contribution in [0.3, 0.4) is 0 Å². The number of nitrogens with zero attached hydrogens (tertiary/aromatic N) is 4. The molecule has 0 saturated heterocycles. The Morgan fingerprint density at radius 1 is 1.27 bits per heavy atom. The van der Waals surface area contributed by atoms with Gasteiger partial charge in [0.25, 0.3) is 5.56 Å². The molecule has 0 radical (unpaired) electrons. The third-order valence-electron chi connectivity index (χ3n) is 5.46. The minimum absolute atomic E-state index is 0.0263. The lowest BCUT2D eigenvalue weighted by Crippen LogP contribution is -2.20. The smallest absolute Gasteiger partial charge is 0.258 e. The summed E-state index contributed by atoms with van der Waals surface area (Å²) in [5.74, 6) is 0.862. The Kier molecular flexibility index (Phi) is 5.34. The topological polar surface area (TPSA) is 110 Å². The fourth-order valence-corrected chi connectivity index (χ4v) is 3.51. The molecule has 1 unspecified atom stereocenters. The average molecular weight is 407 g/mol. The zero-order valence-corrected chi connectivity index (χ0v) is 17.3. The summed E-state index contributed by atoms with van der Waals surface area (Å²) in [5.41, 5.74) is 2.21. The van der Waals surface area contributed by atoms with Gasteiger partial charge in [-0.05, 0) is 32.3 Å². The van der Waals surface area contributed by atoms with Crippen molar-refractivity contribution in [3.05, 3.63) is 46.4 Å². The predicted octanol–water partition coefficient (Wildman–Crippen LogP) is 2.88. The summed E-state index contributed by atoms with van der Waals surface area (Å²) in [6, 6.07) is 3.49. The van der Waals surface area contributed by atoms with Gasteiger partial charge in [0.15, 0.2) is 5.82 Å². The van der Waals surface area contributed by atoms with Gasteiger partial charge in [-0.3, -0.25) is 9.59 Å². The van der Waals surface area contributed by atoms with Crippen LogP contribution in [0.4, 0.5) is 5.82 Å². The first kappa shape index (κ1) is 20.2. The van der Waals surface area contributed by atoms with E-state index >= 15 is 0 Å². The summed E-state index contributed by atoms with van der Waals surface area (Å²) < 4.78 is 1.54. The molecule has 8 heteroatoms. The molecule has 156 valence electrons. The molecule has 1 fully saturated rings. The Bertz CT molecular complexity index is 1180. The normalized spacial score (nSPS) is 14.7. The Labute approximate surface area is 174 Å². The van der Waals surface area contributed by atoms with E-state index in [-0.39, 0.29) is 17.4 Å². The van der Waals surface area contributed by atoms with Gasteiger partial charge in [0.05, 0.1) is 11.1 Å². The Morgan fingerprint density at radius 2 is 2.03 bits per heavy atom. The molecule has 2 N–H and O–H groups in total. The van der Waals surface area contributed by atoms with E-state index in [1.54, 1.807) is 43.1 Å². The molecular formula is C22H25N5O3. The molecule has 1 atom stereocenters. The van der Waals surface area contributed by atoms with Gasteiger partial charge in [0, 0.05) is 48.1 Å². The van der Waals surface area contributed by atoms with Crippen LogP contribution in [0.1, 0.15) is 50.2 Å². The van der Waals surface area contributed by atoms with Gasteiger partial charge < -0.3 is 15.0 Å². The van der Waals surface area contributed by atoms with Crippen molar-refractivity contribution in [2.75, 3.05) is 5.32 Å². The highest BCUT2D eigenvalue weighted by Gasteiger charge is 2.29. The van der Waals surface area contributed by atoms with Crippen LogP contribution >= 0.6 is 0 Å². The first-order chi connectivity index (χ1) is 14.4. The number of aryl methyl sites for hydroxylation is 2. The fourth-order valence-electron chi connectivity index (χ4n) is 3.51. The molecule has 0 aromatic carbocycles. The van der Waals surface area contributed by atoms with Crippen molar-refractivity contribution in [1.82, 2.24) is 19.5 Å². The number of amides is 1. The summed E-state index contributed by atoms with van der Waals surface area (Å²) in [5, 5.41) is 13.7. The third-order valence-corrected chi connectivity index (χ3v) is 5.46. The second-order valence-corrected chi connectivity index (χ2v) is 7.85. The number of hydrogen-bond donors (Lipinski definition) is 2. The van der Waals surface area contributed by atoms with Crippen LogP contribution in [0.2, 0.25) is 0 Å². The molecule has 3 aromatic rings. The standard InChI is InChI=1S/C22H25N5O3/c1-4-5-18(28)20-24-11-16(12(2)25-20)15-8-14-10-23-19(26-21(29)13-6-7-13)9-17(14)27(3)22(15)30/h8-11,13,18,28H,4-7H2,1-3H3,(H,23,26,29). The third kappa shape index (κ3) is 3.82. The summed E-state index contributed by atoms with van der Waals surface area (Å²) in [6.07, 6.45) is 5.77. The average Bonchev–Trinajstić information content (AvgIpc) is 3.57. The van der Waals surface area contributed by atoms with Gasteiger partial charge in [-0.15, -0.1) is 0 Å². The fraction of sp³-hybridized carbons (Fsp3) is 0.409. The second kappa shape index (κ2) is 7.95. The SMILES string of the molecule is CCCC(O)c1ncc(-c2cc3cnc(NC(=O)C4CC4)cc3n(C)c2=O)c(C)n1. The first-order valence-electron chi connectivity index (χ1n) is 10.2. The monoisotopic (exact) mass is 407 g/mol. The second-order valence-electron chi connectivity index (χ2n) is 7.85. The molecule has 8 nitrogen and oxygen atoms in total. The maximum absolute atomic E-state index is 13.1. The lowest BCUT2D eigenvalue weighted by molar-refractivity contribution is -0.117. The molecule has 4 rings (SSSR count). The Morgan fingerprint density at radius 3 is 2.70 bits per heavy atom. The molecule has 1 aliphatic rings. The molecule has 0 bridgehead atoms. The van der Waals surface area contributed by atoms with Crippen LogP contribution in [-0.4, -0.2) is 30.5 Å². The van der Waals surface area contributed by atoms with E-state index in [0.29, 0.717) is 40.4 Å². The molecule has 1 aliphatic carbocycles. The Balaban J connectivity index is 1.72. The van der Waals surface area contributed by atoms with E-state index in [9.17, 15) is 14.7 Å². The van der Waals surface area contributed by atoms with Crippen molar-refractivity contribution in [3.8, 4) is 11.1 Å². The van der Waals surface area contributed by atoms with E-state index < -0.39 is 6.10 Å². The van der Waals surface area contributed by atoms with Crippen LogP contribution in [0.15, 0.2) is 29.3 Å². The van der Waals surface area contributed by atoms with Crippen molar-refractivity contribution in [2.45, 2.75) is 45.6 Å². The number of anilines is 1. The van der Waals surface area contributed by atoms with Gasteiger partial charge in [-0.2, -0.15) is 0 Å². The highest BCUT2D eigenvalue weighted by atomic mass is 16.3. The summed E-state index contributed by atoms with van der Waals surface area (Å²) in [6.45, 7) is 3.79. The van der Waals surface area contributed by atoms with E-state index in [4.69, 9.17) is 0 Å². The first-order valence-corrected chi connectivity index (χ1v) is 10.2. The largest absolute Gasteiger partial charge is 0.385 e. The summed E-state index contributed by atoms with van der Waals surface area (Å²) in [4.78, 5) is 38.1. The minimum atomic E-state index is -0.712. The van der Waals surface area contributed by atoms with Crippen molar-refractivity contribution >= 4 is 22.6 Å². The van der Waals surface area contributed by atoms with Gasteiger partial charge in [0.1, 0.15) is 11.9 Å². The molecule has 30 heavy (non-hydrogen) atoms. The molecular weight excluding hydrogens is 382 g/mol. The predicted molar refractivity (Wildman–Crippen MR) is 114 cm³/mol. The van der Waals surface area contributed by atoms with E-state index in [2.05, 4.69) is 20.3 Å². The van der Waals surface area contributed by atoms with E-state index in [0.717, 1.165) is 24.6 Å². The van der Waals surface area contributed by atoms with E-state index in [1.165, 1.54) is 0 Å². The van der Waals surface area contributed by atoms with Crippen LogP contribution in [-0.2, 0) is 11.8 Å². The van der Waals surface area contributed by atoms with Gasteiger partial charge in [-0.25, -0.2) is 15.0 Å². The molecule has 1 amide bonds. The minimum Gasteiger partial charge on any atom is -0.385 e. The molecule has 0 aliphatic heterocycles. The zero-order chi connectivity index (χ0) is 21.4. The lowest BCUT2D eigenvalue weighted by Gasteiger charge is -2.13. The van der Waals surface area contributed by atoms with Crippen molar-refractivity contribution in [2.24, 2.45) is 13.0 Å². The molecule has 0 spiro atoms. The Hall–Kier alpha value is -3.13. The van der Waals surface area contributed by atoms with Crippen LogP contribution in [0, 0.1) is 12.8 Å². The number of hydrogen-bond acceptors (Lipinski definition) is 6. The number of aliphatic hydroxyl groups excluding tert-OH is 1. The van der Waals surface area contributed by atoms with Crippen LogP contribution in [0.5, 0.6) is 0 Å². The maximum Gasteiger partial charge on any atom is 0.258 e. The van der Waals surface area contributed by atoms with Gasteiger partial charge >= 0.3 is 0 Å². The number of carbonyl (C=O) groups is 1. The number of fused-ring (bicyclic) bond motifs is 1. The van der Waals surface area contributed by atoms with Crippen LogP contribution < -0.4 is 10.9 Å². The van der Waals surface area contributed by atoms with Crippen molar-refractivity contribution in [1.29, 1.82) is 0 Å². The summed E-state index contributed by atoms with van der Waals surface area (Å²) >= 11 is 0. The number of carbonyl (C=O) groups excluding carboxylic acids is 1. The van der Waals surface area contributed by atoms with Gasteiger partial charge in [-0.1, -0.05) is 13.3 Å². The van der Waals surface area contributed by atoms with Crippen LogP contribution in [0.25, 0.3) is 22.0 Å². The van der Waals surface area contributed by atoms with Crippen molar-refractivity contribution < 1.29 is 9.90 Å². The van der Waals surface area contributed by atoms with Crippen molar-refractivity contribution in [3.63, 3.8) is 0 Å². The highest BCUT2D eigenvalue weighted by Crippen LogP contribution is 2.30. The lowest BCUT2D eigenvalue weighted by atomic mass is 10.1. The van der Waals surface area contributed by atoms with Gasteiger partial charge in [0.2, 0.25) is 5.91 Å². The van der Waals surface area contributed by atoms with E-state index in [1.807, 2.05) is 6.92 Å². The number of rotatable bonds is 6. The highest BCUT2D eigenvalue weighted by molar-refractivity contribution is 5.95. The molecule has 1 saturated carbocycles. The number of aliphatic hydroxyl groups is 1. The molecule has 3 aromatic heterocycles. The quantitative estimate of drug-likeness (QED) is 0.650. The maximum atomic E-state index is 13.1. The zero-order valence-electron chi connectivity index (χ0n) is 17.3. The number of nitrogens with one attached hydrogen (secondary N) is 1. The number of pyridine rings is 2. The summed E-state index contributed by atoms with van der Waals surface area (Å²) in [7, 11) is 1.69. The number of aromatic nitrogens is 4.